The predicted molar refractivity (Wildman–Crippen MR) is 103 cm³/mol. The smallest absolute Gasteiger partial charge is 0.338 e. The number of esters is 1. The number of rotatable bonds is 6. The van der Waals surface area contributed by atoms with Crippen molar-refractivity contribution in [3.63, 3.8) is 0 Å². The molecular formula is C22H25FN2O4. The van der Waals surface area contributed by atoms with Crippen molar-refractivity contribution in [2.24, 2.45) is 5.73 Å². The van der Waals surface area contributed by atoms with E-state index in [1.54, 1.807) is 19.9 Å². The summed E-state index contributed by atoms with van der Waals surface area (Å²) in [7, 11) is 0. The van der Waals surface area contributed by atoms with Crippen LogP contribution >= 0.6 is 0 Å². The Bertz CT molecular complexity index is 895. The summed E-state index contributed by atoms with van der Waals surface area (Å²) < 4.78 is 30.6. The van der Waals surface area contributed by atoms with Gasteiger partial charge in [-0.25, -0.2) is 9.18 Å². The largest absolute Gasteiger partial charge is 0.463 e. The van der Waals surface area contributed by atoms with Crippen molar-refractivity contribution in [3.05, 3.63) is 57.9 Å². The molecule has 1 atom stereocenters. The molecule has 0 spiro atoms. The molecule has 1 saturated carbocycles. The minimum Gasteiger partial charge on any atom is -0.463 e. The van der Waals surface area contributed by atoms with Gasteiger partial charge in [0, 0.05) is 0 Å². The van der Waals surface area contributed by atoms with Gasteiger partial charge in [0.15, 0.2) is 0 Å². The number of hydrogen-bond acceptors (Lipinski definition) is 6. The van der Waals surface area contributed by atoms with Crippen molar-refractivity contribution < 1.29 is 23.4 Å². The van der Waals surface area contributed by atoms with Gasteiger partial charge in [-0.05, 0) is 49.9 Å². The molecule has 154 valence electrons. The van der Waals surface area contributed by atoms with E-state index < -0.39 is 17.7 Å². The summed E-state index contributed by atoms with van der Waals surface area (Å²) in [5, 5.41) is 9.71. The lowest BCUT2D eigenvalue weighted by Gasteiger charge is -2.28. The number of ether oxygens (including phenoxy) is 3. The normalized spacial score (nSPS) is 19.9. The van der Waals surface area contributed by atoms with E-state index in [9.17, 15) is 14.4 Å². The molecule has 2 N–H and O–H groups in total. The van der Waals surface area contributed by atoms with Crippen LogP contribution in [0.5, 0.6) is 0 Å². The number of nitrogens with zero attached hydrogens (tertiary/aromatic N) is 1. The first kappa shape index (κ1) is 20.9. The molecule has 1 aliphatic heterocycles. The summed E-state index contributed by atoms with van der Waals surface area (Å²) in [5.74, 6) is -1.63. The van der Waals surface area contributed by atoms with Crippen LogP contribution in [0.3, 0.4) is 0 Å². The van der Waals surface area contributed by atoms with Crippen molar-refractivity contribution in [2.75, 3.05) is 6.61 Å². The Labute approximate surface area is 169 Å². The molecule has 0 radical (unpaired) electrons. The molecule has 0 amide bonds. The Hall–Kier alpha value is -2.85. The number of nitrogens with two attached hydrogens (primary N) is 1. The van der Waals surface area contributed by atoms with E-state index in [1.165, 1.54) is 12.1 Å². The van der Waals surface area contributed by atoms with Crippen LogP contribution in [0.1, 0.15) is 56.6 Å². The molecule has 0 saturated heterocycles. The number of hydrogen-bond donors (Lipinski definition) is 1. The van der Waals surface area contributed by atoms with Gasteiger partial charge in [0.25, 0.3) is 0 Å². The molecule has 1 heterocycles. The molecule has 2 aliphatic rings. The number of carbonyl (C=O) groups is 1. The summed E-state index contributed by atoms with van der Waals surface area (Å²) >= 11 is 0. The first-order valence-electron chi connectivity index (χ1n) is 9.81. The zero-order valence-electron chi connectivity index (χ0n) is 16.7. The summed E-state index contributed by atoms with van der Waals surface area (Å²) in [6.07, 6.45) is 4.33. The van der Waals surface area contributed by atoms with Crippen LogP contribution in [0.2, 0.25) is 0 Å². The first-order valence-corrected chi connectivity index (χ1v) is 9.81. The molecular weight excluding hydrogens is 375 g/mol. The molecule has 3 rings (SSSR count). The van der Waals surface area contributed by atoms with Crippen molar-refractivity contribution in [1.82, 2.24) is 0 Å². The Morgan fingerprint density at radius 2 is 2.10 bits per heavy atom. The maximum atomic E-state index is 14.0. The fourth-order valence-corrected chi connectivity index (χ4v) is 3.91. The highest BCUT2D eigenvalue weighted by molar-refractivity contribution is 5.92. The number of allylic oxidation sites excluding steroid dienone is 2. The van der Waals surface area contributed by atoms with Crippen LogP contribution < -0.4 is 5.73 Å². The lowest BCUT2D eigenvalue weighted by molar-refractivity contribution is -0.139. The molecule has 1 aromatic rings. The van der Waals surface area contributed by atoms with Gasteiger partial charge in [-0.2, -0.15) is 5.26 Å². The predicted octanol–water partition coefficient (Wildman–Crippen LogP) is 3.93. The van der Waals surface area contributed by atoms with E-state index in [4.69, 9.17) is 19.9 Å². The van der Waals surface area contributed by atoms with Crippen LogP contribution in [0.25, 0.3) is 0 Å². The number of nitriles is 1. The lowest BCUT2D eigenvalue weighted by Crippen LogP contribution is -2.26. The van der Waals surface area contributed by atoms with Gasteiger partial charge in [0.05, 0.1) is 30.8 Å². The standard InChI is InChI=1S/C22H25FN2O4/c1-3-27-22(26)19-13(2)29-21(25)18(11-24)20(19)17-9-8-15(23)10-14(17)12-28-16-6-4-5-7-16/h8-10,16,20H,3-7,12,25H2,1-2H3. The van der Waals surface area contributed by atoms with Gasteiger partial charge in [-0.3, -0.25) is 0 Å². The van der Waals surface area contributed by atoms with E-state index >= 15 is 0 Å². The third-order valence-corrected chi connectivity index (χ3v) is 5.29. The monoisotopic (exact) mass is 400 g/mol. The van der Waals surface area contributed by atoms with Crippen molar-refractivity contribution >= 4 is 5.97 Å². The highest BCUT2D eigenvalue weighted by Gasteiger charge is 2.37. The summed E-state index contributed by atoms with van der Waals surface area (Å²) in [4.78, 5) is 12.7. The van der Waals surface area contributed by atoms with Crippen LogP contribution in [-0.4, -0.2) is 18.7 Å². The Morgan fingerprint density at radius 1 is 1.38 bits per heavy atom. The topological polar surface area (TPSA) is 94.6 Å². The molecule has 1 aliphatic carbocycles. The Kier molecular flexibility index (Phi) is 6.55. The van der Waals surface area contributed by atoms with Crippen molar-refractivity contribution in [3.8, 4) is 6.07 Å². The van der Waals surface area contributed by atoms with Gasteiger partial charge in [-0.1, -0.05) is 18.9 Å². The lowest BCUT2D eigenvalue weighted by atomic mass is 9.81. The van der Waals surface area contributed by atoms with E-state index in [0.717, 1.165) is 25.7 Å². The van der Waals surface area contributed by atoms with Gasteiger partial charge in [0.1, 0.15) is 23.2 Å². The van der Waals surface area contributed by atoms with Crippen LogP contribution in [0, 0.1) is 17.1 Å². The second-order valence-electron chi connectivity index (χ2n) is 7.18. The zero-order chi connectivity index (χ0) is 21.0. The highest BCUT2D eigenvalue weighted by Crippen LogP contribution is 2.41. The minimum atomic E-state index is -0.810. The number of halogens is 1. The average Bonchev–Trinajstić information content (AvgIpc) is 3.20. The number of carbonyl (C=O) groups excluding carboxylic acids is 1. The molecule has 1 aromatic carbocycles. The fraction of sp³-hybridized carbons (Fsp3) is 0.455. The molecule has 0 bridgehead atoms. The van der Waals surface area contributed by atoms with E-state index in [-0.39, 0.29) is 42.1 Å². The van der Waals surface area contributed by atoms with Crippen LogP contribution in [-0.2, 0) is 25.6 Å². The first-order chi connectivity index (χ1) is 14.0. The maximum Gasteiger partial charge on any atom is 0.338 e. The Morgan fingerprint density at radius 3 is 2.76 bits per heavy atom. The third kappa shape index (κ3) is 4.43. The minimum absolute atomic E-state index is 0.0740. The number of benzene rings is 1. The maximum absolute atomic E-state index is 14.0. The summed E-state index contributed by atoms with van der Waals surface area (Å²) in [5.41, 5.74) is 7.36. The van der Waals surface area contributed by atoms with Gasteiger partial charge in [0.2, 0.25) is 5.88 Å². The Balaban J connectivity index is 2.05. The second kappa shape index (κ2) is 9.10. The van der Waals surface area contributed by atoms with Gasteiger partial charge >= 0.3 is 5.97 Å². The molecule has 6 nitrogen and oxygen atoms in total. The van der Waals surface area contributed by atoms with Crippen molar-refractivity contribution in [2.45, 2.75) is 58.2 Å². The van der Waals surface area contributed by atoms with Gasteiger partial charge < -0.3 is 19.9 Å². The quantitative estimate of drug-likeness (QED) is 0.727. The van der Waals surface area contributed by atoms with Crippen LogP contribution in [0.15, 0.2) is 41.0 Å². The molecule has 7 heteroatoms. The second-order valence-corrected chi connectivity index (χ2v) is 7.18. The van der Waals surface area contributed by atoms with E-state index in [0.29, 0.717) is 11.1 Å². The summed E-state index contributed by atoms with van der Waals surface area (Å²) in [6.45, 7) is 3.65. The molecule has 0 aromatic heterocycles. The molecule has 29 heavy (non-hydrogen) atoms. The molecule has 1 fully saturated rings. The van der Waals surface area contributed by atoms with Gasteiger partial charge in [-0.15, -0.1) is 0 Å². The van der Waals surface area contributed by atoms with E-state index in [1.807, 2.05) is 6.07 Å². The summed E-state index contributed by atoms with van der Waals surface area (Å²) in [6, 6.07) is 6.28. The SMILES string of the molecule is CCOC(=O)C1=C(C)OC(N)=C(C#N)C1c1ccc(F)cc1COC1CCCC1. The van der Waals surface area contributed by atoms with Crippen molar-refractivity contribution in [1.29, 1.82) is 5.26 Å². The van der Waals surface area contributed by atoms with E-state index in [2.05, 4.69) is 0 Å². The zero-order valence-corrected chi connectivity index (χ0v) is 16.7. The average molecular weight is 400 g/mol. The third-order valence-electron chi connectivity index (χ3n) is 5.29. The fourth-order valence-electron chi connectivity index (χ4n) is 3.91. The van der Waals surface area contributed by atoms with Crippen LogP contribution in [0.4, 0.5) is 4.39 Å². The molecule has 1 unspecified atom stereocenters. The highest BCUT2D eigenvalue weighted by atomic mass is 19.1.